The minimum Gasteiger partial charge on any atom is -0.373 e. The quantitative estimate of drug-likeness (QED) is 0.399. The number of benzene rings is 2. The number of aromatic nitrogens is 3. The number of amides is 1. The van der Waals surface area contributed by atoms with Crippen molar-refractivity contribution in [1.29, 1.82) is 0 Å². The highest BCUT2D eigenvalue weighted by Gasteiger charge is 2.22. The predicted molar refractivity (Wildman–Crippen MR) is 133 cm³/mol. The Labute approximate surface area is 203 Å². The molecule has 1 fully saturated rings. The maximum Gasteiger partial charge on any atom is 0.248 e. The van der Waals surface area contributed by atoms with Crippen molar-refractivity contribution >= 4 is 35.0 Å². The molecule has 1 aromatic heterocycles. The first-order chi connectivity index (χ1) is 17.0. The highest BCUT2D eigenvalue weighted by Crippen LogP contribution is 2.22. The van der Waals surface area contributed by atoms with Crippen LogP contribution in [-0.4, -0.2) is 51.9 Å². The molecule has 1 amide bonds. The average molecular weight is 476 g/mol. The molecule has 2 heterocycles. The fourth-order valence-corrected chi connectivity index (χ4v) is 3.72. The highest BCUT2D eigenvalue weighted by molar-refractivity contribution is 6.09. The van der Waals surface area contributed by atoms with Crippen LogP contribution in [0.15, 0.2) is 60.9 Å². The molecule has 1 saturated heterocycles. The first-order valence-electron chi connectivity index (χ1n) is 11.5. The van der Waals surface area contributed by atoms with Gasteiger partial charge in [-0.1, -0.05) is 36.4 Å². The summed E-state index contributed by atoms with van der Waals surface area (Å²) in [5.74, 6) is 0.0248. The van der Waals surface area contributed by atoms with E-state index in [4.69, 9.17) is 10.5 Å². The molecular weight excluding hydrogens is 446 g/mol. The van der Waals surface area contributed by atoms with Crippen LogP contribution in [0.25, 0.3) is 0 Å². The number of carbonyl (C=O) groups excluding carboxylic acids is 2. The van der Waals surface area contributed by atoms with Crippen LogP contribution in [0, 0.1) is 0 Å². The molecular formula is C25H29N7O3. The summed E-state index contributed by atoms with van der Waals surface area (Å²) in [6.07, 6.45) is 3.47. The van der Waals surface area contributed by atoms with E-state index in [-0.39, 0.29) is 6.10 Å². The first-order valence-corrected chi connectivity index (χ1v) is 11.5. The Morgan fingerprint density at radius 2 is 1.83 bits per heavy atom. The lowest BCUT2D eigenvalue weighted by atomic mass is 10.1. The number of nitrogens with two attached hydrogens (primary N) is 1. The standard InChI is InChI=1S/C25H29N7O3/c1-17(33)22(26)23(34)29-19-8-5-9-20(14-19)30-24-27-16-28-25(31-24)32-12-10-21(11-13-32)35-15-18-6-3-2-4-7-18/h2-9,14,16,21-22H,10-13,15,26H2,1H3,(H,29,34)(H,27,28,30,31). The molecule has 0 saturated carbocycles. The molecule has 4 rings (SSSR count). The topological polar surface area (TPSA) is 135 Å². The number of hydrogen-bond donors (Lipinski definition) is 3. The van der Waals surface area contributed by atoms with Crippen LogP contribution in [0.1, 0.15) is 25.3 Å². The van der Waals surface area contributed by atoms with Gasteiger partial charge < -0.3 is 26.0 Å². The number of carbonyl (C=O) groups is 2. The third-order valence-corrected chi connectivity index (χ3v) is 5.72. The van der Waals surface area contributed by atoms with Crippen LogP contribution in [0.2, 0.25) is 0 Å². The maximum absolute atomic E-state index is 12.1. The van der Waals surface area contributed by atoms with E-state index in [1.54, 1.807) is 18.2 Å². The average Bonchev–Trinajstić information content (AvgIpc) is 2.88. The van der Waals surface area contributed by atoms with Crippen molar-refractivity contribution in [2.45, 2.75) is 38.5 Å². The van der Waals surface area contributed by atoms with Crippen LogP contribution in [-0.2, 0) is 20.9 Å². The number of hydrogen-bond acceptors (Lipinski definition) is 9. The van der Waals surface area contributed by atoms with E-state index in [0.717, 1.165) is 25.9 Å². The molecule has 1 aliphatic rings. The lowest BCUT2D eigenvalue weighted by Gasteiger charge is -2.31. The number of Topliss-reactive ketones (excluding diaryl/α,β-unsaturated/α-hetero) is 1. The molecule has 0 radical (unpaired) electrons. The number of nitrogens with zero attached hydrogens (tertiary/aromatic N) is 4. The minimum absolute atomic E-state index is 0.208. The van der Waals surface area contributed by atoms with Crippen molar-refractivity contribution in [3.63, 3.8) is 0 Å². The highest BCUT2D eigenvalue weighted by atomic mass is 16.5. The van der Waals surface area contributed by atoms with Gasteiger partial charge in [0.1, 0.15) is 12.4 Å². The molecule has 3 aromatic rings. The molecule has 1 aliphatic heterocycles. The molecule has 0 spiro atoms. The number of piperidine rings is 1. The summed E-state index contributed by atoms with van der Waals surface area (Å²) in [5.41, 5.74) is 7.94. The number of anilines is 4. The van der Waals surface area contributed by atoms with Gasteiger partial charge in [-0.25, -0.2) is 9.97 Å². The summed E-state index contributed by atoms with van der Waals surface area (Å²) in [6, 6.07) is 16.0. The van der Waals surface area contributed by atoms with Gasteiger partial charge in [0.05, 0.1) is 12.7 Å². The Kier molecular flexibility index (Phi) is 7.96. The van der Waals surface area contributed by atoms with Crippen molar-refractivity contribution in [2.75, 3.05) is 28.6 Å². The van der Waals surface area contributed by atoms with Crippen molar-refractivity contribution in [3.8, 4) is 0 Å². The summed E-state index contributed by atoms with van der Waals surface area (Å²) in [5, 5.41) is 5.77. The SMILES string of the molecule is CC(=O)C(N)C(=O)Nc1cccc(Nc2ncnc(N3CCC(OCc4ccccc4)CC3)n2)c1. The molecule has 2 aromatic carbocycles. The molecule has 10 nitrogen and oxygen atoms in total. The second-order valence-electron chi connectivity index (χ2n) is 8.38. The number of nitrogens with one attached hydrogen (secondary N) is 2. The Hall–Kier alpha value is -3.89. The van der Waals surface area contributed by atoms with Gasteiger partial charge >= 0.3 is 0 Å². The fraction of sp³-hybridized carbons (Fsp3) is 0.320. The van der Waals surface area contributed by atoms with E-state index in [1.165, 1.54) is 18.8 Å². The first kappa shape index (κ1) is 24.2. The van der Waals surface area contributed by atoms with Gasteiger partial charge in [-0.2, -0.15) is 4.98 Å². The van der Waals surface area contributed by atoms with Gasteiger partial charge in [0.25, 0.3) is 0 Å². The van der Waals surface area contributed by atoms with Crippen LogP contribution in [0.5, 0.6) is 0 Å². The van der Waals surface area contributed by atoms with E-state index in [1.807, 2.05) is 24.3 Å². The van der Waals surface area contributed by atoms with Crippen molar-refractivity contribution < 1.29 is 14.3 Å². The molecule has 4 N–H and O–H groups in total. The summed E-state index contributed by atoms with van der Waals surface area (Å²) in [4.78, 5) is 38.6. The number of ketones is 1. The summed E-state index contributed by atoms with van der Waals surface area (Å²) in [7, 11) is 0. The van der Waals surface area contributed by atoms with Gasteiger partial charge in [0.15, 0.2) is 5.78 Å². The predicted octanol–water partition coefficient (Wildman–Crippen LogP) is 2.66. The van der Waals surface area contributed by atoms with Gasteiger partial charge in [0, 0.05) is 24.5 Å². The zero-order valence-electron chi connectivity index (χ0n) is 19.6. The van der Waals surface area contributed by atoms with Gasteiger partial charge in [-0.15, -0.1) is 0 Å². The van der Waals surface area contributed by atoms with Gasteiger partial charge in [-0.3, -0.25) is 9.59 Å². The smallest absolute Gasteiger partial charge is 0.248 e. The number of rotatable bonds is 9. The van der Waals surface area contributed by atoms with E-state index in [9.17, 15) is 9.59 Å². The van der Waals surface area contributed by atoms with Crippen LogP contribution >= 0.6 is 0 Å². The molecule has 35 heavy (non-hydrogen) atoms. The van der Waals surface area contributed by atoms with Crippen molar-refractivity contribution in [1.82, 2.24) is 15.0 Å². The molecule has 0 aliphatic carbocycles. The van der Waals surface area contributed by atoms with Crippen molar-refractivity contribution in [3.05, 3.63) is 66.5 Å². The minimum atomic E-state index is -1.20. The van der Waals surface area contributed by atoms with Crippen LogP contribution < -0.4 is 21.3 Å². The van der Waals surface area contributed by atoms with Gasteiger partial charge in [-0.05, 0) is 43.5 Å². The normalized spacial score (nSPS) is 14.9. The summed E-state index contributed by atoms with van der Waals surface area (Å²) >= 11 is 0. The Morgan fingerprint density at radius 3 is 2.57 bits per heavy atom. The lowest BCUT2D eigenvalue weighted by molar-refractivity contribution is -0.126. The molecule has 10 heteroatoms. The maximum atomic E-state index is 12.1. The van der Waals surface area contributed by atoms with E-state index in [0.29, 0.717) is 29.9 Å². The van der Waals surface area contributed by atoms with Crippen LogP contribution in [0.3, 0.4) is 0 Å². The summed E-state index contributed by atoms with van der Waals surface area (Å²) in [6.45, 7) is 3.48. The second-order valence-corrected chi connectivity index (χ2v) is 8.38. The Balaban J connectivity index is 1.32. The third kappa shape index (κ3) is 6.81. The number of ether oxygens (including phenoxy) is 1. The van der Waals surface area contributed by atoms with E-state index < -0.39 is 17.7 Å². The Bertz CT molecular complexity index is 1150. The zero-order chi connectivity index (χ0) is 24.6. The van der Waals surface area contributed by atoms with Crippen molar-refractivity contribution in [2.24, 2.45) is 5.73 Å². The lowest BCUT2D eigenvalue weighted by Crippen LogP contribution is -2.41. The molecule has 0 bridgehead atoms. The second kappa shape index (κ2) is 11.5. The fourth-order valence-electron chi connectivity index (χ4n) is 3.72. The molecule has 1 unspecified atom stereocenters. The largest absolute Gasteiger partial charge is 0.373 e. The van der Waals surface area contributed by atoms with Crippen LogP contribution in [0.4, 0.5) is 23.3 Å². The molecule has 182 valence electrons. The Morgan fingerprint density at radius 1 is 1.09 bits per heavy atom. The summed E-state index contributed by atoms with van der Waals surface area (Å²) < 4.78 is 6.07. The zero-order valence-corrected chi connectivity index (χ0v) is 19.6. The third-order valence-electron chi connectivity index (χ3n) is 5.72. The van der Waals surface area contributed by atoms with E-state index >= 15 is 0 Å². The van der Waals surface area contributed by atoms with Gasteiger partial charge in [0.2, 0.25) is 17.8 Å². The monoisotopic (exact) mass is 475 g/mol. The van der Waals surface area contributed by atoms with E-state index in [2.05, 4.69) is 42.6 Å². The molecule has 1 atom stereocenters.